The molecule has 80 valence electrons. The van der Waals surface area contributed by atoms with Gasteiger partial charge in [-0.1, -0.05) is 43.6 Å². The summed E-state index contributed by atoms with van der Waals surface area (Å²) in [5.41, 5.74) is 2.61. The lowest BCUT2D eigenvalue weighted by Gasteiger charge is -2.04. The standard InChI is InChI=1S/C12H11Cl.C2H6/c1-8-6-10-4-3-5-12(13)11(10)7-9(8)2;1-2/h3-7H,1-2H3;1-2H3. The van der Waals surface area contributed by atoms with Crippen LogP contribution in [0.3, 0.4) is 0 Å². The van der Waals surface area contributed by atoms with Crippen LogP contribution >= 0.6 is 11.6 Å². The molecule has 0 unspecified atom stereocenters. The molecular formula is C14H17Cl. The lowest BCUT2D eigenvalue weighted by Crippen LogP contribution is -1.82. The van der Waals surface area contributed by atoms with Crippen LogP contribution in [0, 0.1) is 13.8 Å². The second-order valence-electron chi connectivity index (χ2n) is 3.40. The lowest BCUT2D eigenvalue weighted by atomic mass is 10.0. The molecule has 0 nitrogen and oxygen atoms in total. The summed E-state index contributed by atoms with van der Waals surface area (Å²) in [5.74, 6) is 0. The number of rotatable bonds is 0. The van der Waals surface area contributed by atoms with Crippen molar-refractivity contribution in [1.29, 1.82) is 0 Å². The number of aryl methyl sites for hydroxylation is 2. The van der Waals surface area contributed by atoms with E-state index >= 15 is 0 Å². The quantitative estimate of drug-likeness (QED) is 0.577. The van der Waals surface area contributed by atoms with Gasteiger partial charge < -0.3 is 0 Å². The summed E-state index contributed by atoms with van der Waals surface area (Å²) >= 11 is 6.08. The van der Waals surface area contributed by atoms with Gasteiger partial charge in [-0.3, -0.25) is 0 Å². The fourth-order valence-corrected chi connectivity index (χ4v) is 1.75. The normalized spacial score (nSPS) is 9.67. The molecule has 15 heavy (non-hydrogen) atoms. The summed E-state index contributed by atoms with van der Waals surface area (Å²) in [6.45, 7) is 8.23. The van der Waals surface area contributed by atoms with Crippen LogP contribution < -0.4 is 0 Å². The first-order valence-corrected chi connectivity index (χ1v) is 5.72. The van der Waals surface area contributed by atoms with Gasteiger partial charge in [0.05, 0.1) is 0 Å². The summed E-state index contributed by atoms with van der Waals surface area (Å²) < 4.78 is 0. The Labute approximate surface area is 96.9 Å². The van der Waals surface area contributed by atoms with Crippen molar-refractivity contribution in [1.82, 2.24) is 0 Å². The van der Waals surface area contributed by atoms with Gasteiger partial charge in [-0.05, 0) is 42.5 Å². The lowest BCUT2D eigenvalue weighted by molar-refractivity contribution is 1.37. The molecule has 1 heteroatoms. The van der Waals surface area contributed by atoms with Gasteiger partial charge in [0.2, 0.25) is 0 Å². The molecule has 0 heterocycles. The van der Waals surface area contributed by atoms with Crippen molar-refractivity contribution < 1.29 is 0 Å². The van der Waals surface area contributed by atoms with E-state index in [1.807, 2.05) is 26.0 Å². The van der Waals surface area contributed by atoms with Crippen molar-refractivity contribution in [2.24, 2.45) is 0 Å². The molecule has 0 saturated carbocycles. The number of benzene rings is 2. The van der Waals surface area contributed by atoms with Crippen LogP contribution in [0.2, 0.25) is 5.02 Å². The number of hydrogen-bond donors (Lipinski definition) is 0. The van der Waals surface area contributed by atoms with Gasteiger partial charge in [-0.25, -0.2) is 0 Å². The highest BCUT2D eigenvalue weighted by atomic mass is 35.5. The SMILES string of the molecule is CC.Cc1cc2cccc(Cl)c2cc1C. The van der Waals surface area contributed by atoms with Crippen molar-refractivity contribution in [2.75, 3.05) is 0 Å². The first-order valence-electron chi connectivity index (χ1n) is 5.34. The minimum atomic E-state index is 0.834. The largest absolute Gasteiger partial charge is 0.0837 e. The van der Waals surface area contributed by atoms with Gasteiger partial charge in [-0.2, -0.15) is 0 Å². The fourth-order valence-electron chi connectivity index (χ4n) is 1.51. The van der Waals surface area contributed by atoms with Gasteiger partial charge in [-0.15, -0.1) is 0 Å². The number of halogens is 1. The first kappa shape index (κ1) is 12.1. The zero-order valence-electron chi connectivity index (χ0n) is 9.76. The van der Waals surface area contributed by atoms with E-state index in [-0.39, 0.29) is 0 Å². The van der Waals surface area contributed by atoms with Gasteiger partial charge >= 0.3 is 0 Å². The van der Waals surface area contributed by atoms with E-state index in [9.17, 15) is 0 Å². The smallest absolute Gasteiger partial charge is 0.0484 e. The Morgan fingerprint density at radius 2 is 1.53 bits per heavy atom. The first-order chi connectivity index (χ1) is 7.18. The Morgan fingerprint density at radius 1 is 0.933 bits per heavy atom. The maximum Gasteiger partial charge on any atom is 0.0484 e. The summed E-state index contributed by atoms with van der Waals surface area (Å²) in [7, 11) is 0. The van der Waals surface area contributed by atoms with Gasteiger partial charge in [0.25, 0.3) is 0 Å². The van der Waals surface area contributed by atoms with Crippen molar-refractivity contribution in [3.63, 3.8) is 0 Å². The maximum atomic E-state index is 6.08. The summed E-state index contributed by atoms with van der Waals surface area (Å²) in [6, 6.07) is 10.3. The topological polar surface area (TPSA) is 0 Å². The molecule has 0 fully saturated rings. The van der Waals surface area contributed by atoms with E-state index < -0.39 is 0 Å². The highest BCUT2D eigenvalue weighted by molar-refractivity contribution is 6.35. The van der Waals surface area contributed by atoms with Crippen LogP contribution in [0.5, 0.6) is 0 Å². The monoisotopic (exact) mass is 220 g/mol. The minimum absolute atomic E-state index is 0.834. The van der Waals surface area contributed by atoms with E-state index in [1.165, 1.54) is 16.5 Å². The van der Waals surface area contributed by atoms with Crippen LogP contribution in [0.15, 0.2) is 30.3 Å². The predicted molar refractivity (Wildman–Crippen MR) is 69.8 cm³/mol. The van der Waals surface area contributed by atoms with Crippen molar-refractivity contribution in [3.05, 3.63) is 46.5 Å². The molecular weight excluding hydrogens is 204 g/mol. The van der Waals surface area contributed by atoms with Crippen LogP contribution in [0.1, 0.15) is 25.0 Å². The molecule has 2 aromatic carbocycles. The minimum Gasteiger partial charge on any atom is -0.0837 e. The summed E-state index contributed by atoms with van der Waals surface area (Å²) in [6.07, 6.45) is 0. The molecule has 0 amide bonds. The average molecular weight is 221 g/mol. The number of hydrogen-bond acceptors (Lipinski definition) is 0. The molecule has 2 aromatic rings. The van der Waals surface area contributed by atoms with Gasteiger partial charge in [0, 0.05) is 10.4 Å². The summed E-state index contributed by atoms with van der Waals surface area (Å²) in [4.78, 5) is 0. The second-order valence-corrected chi connectivity index (χ2v) is 3.80. The van der Waals surface area contributed by atoms with Crippen LogP contribution in [-0.4, -0.2) is 0 Å². The average Bonchev–Trinajstić information content (AvgIpc) is 2.24. The second kappa shape index (κ2) is 5.18. The van der Waals surface area contributed by atoms with Crippen LogP contribution in [0.4, 0.5) is 0 Å². The third-order valence-electron chi connectivity index (χ3n) is 2.44. The van der Waals surface area contributed by atoms with E-state index in [2.05, 4.69) is 32.0 Å². The molecule has 0 N–H and O–H groups in total. The molecule has 0 bridgehead atoms. The Balaban J connectivity index is 0.000000531. The molecule has 0 aromatic heterocycles. The Kier molecular flexibility index (Phi) is 4.16. The molecule has 0 saturated heterocycles. The fraction of sp³-hybridized carbons (Fsp3) is 0.286. The maximum absolute atomic E-state index is 6.08. The summed E-state index contributed by atoms with van der Waals surface area (Å²) in [5, 5.41) is 3.20. The van der Waals surface area contributed by atoms with E-state index in [4.69, 9.17) is 11.6 Å². The Bertz CT molecular complexity index is 458. The Hall–Kier alpha value is -1.01. The third kappa shape index (κ3) is 2.51. The van der Waals surface area contributed by atoms with Gasteiger partial charge in [0.1, 0.15) is 0 Å². The Morgan fingerprint density at radius 3 is 2.20 bits per heavy atom. The van der Waals surface area contributed by atoms with E-state index in [0.717, 1.165) is 10.4 Å². The van der Waals surface area contributed by atoms with Gasteiger partial charge in [0.15, 0.2) is 0 Å². The van der Waals surface area contributed by atoms with Crippen LogP contribution in [0.25, 0.3) is 10.8 Å². The molecule has 0 aliphatic heterocycles. The highest BCUT2D eigenvalue weighted by Crippen LogP contribution is 2.25. The molecule has 0 aliphatic rings. The molecule has 0 atom stereocenters. The van der Waals surface area contributed by atoms with Crippen molar-refractivity contribution in [2.45, 2.75) is 27.7 Å². The van der Waals surface area contributed by atoms with E-state index in [0.29, 0.717) is 0 Å². The predicted octanol–water partition coefficient (Wildman–Crippen LogP) is 5.14. The van der Waals surface area contributed by atoms with Crippen LogP contribution in [-0.2, 0) is 0 Å². The zero-order chi connectivity index (χ0) is 11.4. The zero-order valence-corrected chi connectivity index (χ0v) is 10.5. The van der Waals surface area contributed by atoms with Crippen molar-refractivity contribution >= 4 is 22.4 Å². The van der Waals surface area contributed by atoms with E-state index in [1.54, 1.807) is 0 Å². The molecule has 2 rings (SSSR count). The van der Waals surface area contributed by atoms with Crippen molar-refractivity contribution in [3.8, 4) is 0 Å². The molecule has 0 spiro atoms. The highest BCUT2D eigenvalue weighted by Gasteiger charge is 2.00. The molecule has 0 aliphatic carbocycles. The number of fused-ring (bicyclic) bond motifs is 1. The molecule has 0 radical (unpaired) electrons. The third-order valence-corrected chi connectivity index (χ3v) is 2.77.